The van der Waals surface area contributed by atoms with Crippen LogP contribution in [0.3, 0.4) is 0 Å². The van der Waals surface area contributed by atoms with Gasteiger partial charge in [0.2, 0.25) is 0 Å². The van der Waals surface area contributed by atoms with Crippen molar-refractivity contribution in [3.05, 3.63) is 44.2 Å². The normalized spacial score (nSPS) is 17.3. The quantitative estimate of drug-likeness (QED) is 0.358. The summed E-state index contributed by atoms with van der Waals surface area (Å²) < 4.78 is 5.21. The molecule has 0 bridgehead atoms. The van der Waals surface area contributed by atoms with E-state index in [0.29, 0.717) is 40.7 Å². The van der Waals surface area contributed by atoms with Crippen molar-refractivity contribution < 1.29 is 23.9 Å². The van der Waals surface area contributed by atoms with E-state index in [2.05, 4.69) is 26.3 Å². The molecule has 0 aliphatic heterocycles. The molecule has 2 heterocycles. The number of thiophene rings is 1. The Morgan fingerprint density at radius 3 is 2.37 bits per heavy atom. The summed E-state index contributed by atoms with van der Waals surface area (Å²) in [6.45, 7) is 5.65. The SMILES string of the molecule is CC(C)(C)OC(=O)NCCc1csc(C(=O)N[C@@H]2CCCC[C@@H]2NC(=O)C(=O)Nc2ccc(Cl)cn2)c1Cl. The highest BCUT2D eigenvalue weighted by atomic mass is 35.5. The van der Waals surface area contributed by atoms with Crippen LogP contribution in [0.1, 0.15) is 61.7 Å². The summed E-state index contributed by atoms with van der Waals surface area (Å²) >= 11 is 13.5. The van der Waals surface area contributed by atoms with Crippen molar-refractivity contribution in [3.63, 3.8) is 0 Å². The number of hydrogen-bond donors (Lipinski definition) is 4. The third-order valence-electron chi connectivity index (χ3n) is 5.64. The first kappa shape index (κ1) is 29.7. The van der Waals surface area contributed by atoms with E-state index in [4.69, 9.17) is 27.9 Å². The van der Waals surface area contributed by atoms with Gasteiger partial charge < -0.3 is 26.0 Å². The van der Waals surface area contributed by atoms with Gasteiger partial charge in [0.25, 0.3) is 5.91 Å². The summed E-state index contributed by atoms with van der Waals surface area (Å²) in [7, 11) is 0. The smallest absolute Gasteiger partial charge is 0.407 e. The number of ether oxygens (including phenoxy) is 1. The summed E-state index contributed by atoms with van der Waals surface area (Å²) in [5.41, 5.74) is 0.141. The standard InChI is InChI=1S/C25H31Cl2N5O5S/c1-25(2,3)37-24(36)28-11-10-14-13-38-20(19(14)27)21(33)30-16-6-4-5-7-17(16)31-22(34)23(35)32-18-9-8-15(26)12-29-18/h8-9,12-13,16-17H,4-7,10-11H2,1-3H3,(H,28,36)(H,30,33)(H,31,34)(H,29,32,35)/t16-,17+/m1/s1. The molecule has 10 nitrogen and oxygen atoms in total. The lowest BCUT2D eigenvalue weighted by molar-refractivity contribution is -0.136. The van der Waals surface area contributed by atoms with E-state index in [1.54, 1.807) is 32.2 Å². The fourth-order valence-corrected chi connectivity index (χ4v) is 5.32. The maximum atomic E-state index is 13.0. The maximum Gasteiger partial charge on any atom is 0.407 e. The third-order valence-corrected chi connectivity index (χ3v) is 7.44. The van der Waals surface area contributed by atoms with Gasteiger partial charge in [0, 0.05) is 24.8 Å². The van der Waals surface area contributed by atoms with Crippen LogP contribution in [0.25, 0.3) is 0 Å². The second kappa shape index (κ2) is 13.3. The number of halogens is 2. The second-order valence-corrected chi connectivity index (χ2v) is 11.5. The van der Waals surface area contributed by atoms with E-state index in [1.807, 2.05) is 0 Å². The van der Waals surface area contributed by atoms with Gasteiger partial charge in [0.15, 0.2) is 0 Å². The van der Waals surface area contributed by atoms with Crippen LogP contribution >= 0.6 is 34.5 Å². The fourth-order valence-electron chi connectivity index (χ4n) is 3.88. The molecule has 13 heteroatoms. The Morgan fingerprint density at radius 2 is 1.74 bits per heavy atom. The highest BCUT2D eigenvalue weighted by Gasteiger charge is 2.31. The van der Waals surface area contributed by atoms with Crippen LogP contribution in [0.15, 0.2) is 23.7 Å². The Bertz CT molecular complexity index is 1170. The molecule has 3 rings (SSSR count). The van der Waals surface area contributed by atoms with Crippen molar-refractivity contribution >= 4 is 64.2 Å². The molecule has 1 aliphatic rings. The monoisotopic (exact) mass is 583 g/mol. The zero-order valence-corrected chi connectivity index (χ0v) is 23.7. The fraction of sp³-hybridized carbons (Fsp3) is 0.480. The summed E-state index contributed by atoms with van der Waals surface area (Å²) in [4.78, 5) is 54.0. The molecule has 0 saturated heterocycles. The van der Waals surface area contributed by atoms with Gasteiger partial charge >= 0.3 is 17.9 Å². The topological polar surface area (TPSA) is 139 Å². The molecule has 0 spiro atoms. The van der Waals surface area contributed by atoms with Gasteiger partial charge in [0.05, 0.1) is 10.0 Å². The van der Waals surface area contributed by atoms with E-state index in [9.17, 15) is 19.2 Å². The number of hydrogen-bond acceptors (Lipinski definition) is 7. The van der Waals surface area contributed by atoms with Gasteiger partial charge in [-0.3, -0.25) is 14.4 Å². The van der Waals surface area contributed by atoms with E-state index in [0.717, 1.165) is 18.4 Å². The predicted octanol–water partition coefficient (Wildman–Crippen LogP) is 4.31. The van der Waals surface area contributed by atoms with Gasteiger partial charge in [0.1, 0.15) is 16.3 Å². The predicted molar refractivity (Wildman–Crippen MR) is 147 cm³/mol. The molecule has 4 N–H and O–H groups in total. The molecule has 0 aromatic carbocycles. The molecule has 0 unspecified atom stereocenters. The van der Waals surface area contributed by atoms with Crippen LogP contribution in [0.5, 0.6) is 0 Å². The van der Waals surface area contributed by atoms with Gasteiger partial charge in [-0.25, -0.2) is 9.78 Å². The lowest BCUT2D eigenvalue weighted by Gasteiger charge is -2.32. The highest BCUT2D eigenvalue weighted by molar-refractivity contribution is 7.13. The van der Waals surface area contributed by atoms with E-state index in [1.165, 1.54) is 23.6 Å². The first-order chi connectivity index (χ1) is 17.9. The first-order valence-electron chi connectivity index (χ1n) is 12.2. The second-order valence-electron chi connectivity index (χ2n) is 9.84. The molecule has 38 heavy (non-hydrogen) atoms. The summed E-state index contributed by atoms with van der Waals surface area (Å²) in [6.07, 6.45) is 4.26. The van der Waals surface area contributed by atoms with Crippen LogP contribution in [-0.4, -0.2) is 53.0 Å². The summed E-state index contributed by atoms with van der Waals surface area (Å²) in [5, 5.41) is 13.3. The Labute approximate surface area is 235 Å². The summed E-state index contributed by atoms with van der Waals surface area (Å²) in [5.74, 6) is -1.83. The van der Waals surface area contributed by atoms with Crippen molar-refractivity contribution in [2.45, 2.75) is 70.6 Å². The van der Waals surface area contributed by atoms with E-state index < -0.39 is 29.6 Å². The van der Waals surface area contributed by atoms with E-state index >= 15 is 0 Å². The van der Waals surface area contributed by atoms with Gasteiger partial charge in [-0.05, 0) is 63.1 Å². The molecule has 206 valence electrons. The lowest BCUT2D eigenvalue weighted by atomic mass is 9.90. The summed E-state index contributed by atoms with van der Waals surface area (Å²) in [6, 6.07) is 2.26. The number of alkyl carbamates (subject to hydrolysis) is 1. The number of rotatable bonds is 7. The van der Waals surface area contributed by atoms with Crippen molar-refractivity contribution in [1.29, 1.82) is 0 Å². The van der Waals surface area contributed by atoms with Gasteiger partial charge in [-0.15, -0.1) is 11.3 Å². The molecule has 2 atom stereocenters. The molecular weight excluding hydrogens is 553 g/mol. The Hall–Kier alpha value is -2.89. The number of aromatic nitrogens is 1. The number of carbonyl (C=O) groups excluding carboxylic acids is 4. The van der Waals surface area contributed by atoms with Crippen LogP contribution in [0.2, 0.25) is 10.0 Å². The zero-order chi connectivity index (χ0) is 27.9. The first-order valence-corrected chi connectivity index (χ1v) is 13.8. The van der Waals surface area contributed by atoms with Crippen molar-refractivity contribution in [2.75, 3.05) is 11.9 Å². The Morgan fingerprint density at radius 1 is 1.05 bits per heavy atom. The third kappa shape index (κ3) is 8.85. The Kier molecular flexibility index (Phi) is 10.3. The van der Waals surface area contributed by atoms with Crippen LogP contribution < -0.4 is 21.3 Å². The molecule has 0 radical (unpaired) electrons. The minimum Gasteiger partial charge on any atom is -0.444 e. The lowest BCUT2D eigenvalue weighted by Crippen LogP contribution is -2.54. The molecule has 1 saturated carbocycles. The molecule has 1 fully saturated rings. The van der Waals surface area contributed by atoms with Crippen LogP contribution in [-0.2, 0) is 20.7 Å². The van der Waals surface area contributed by atoms with Crippen LogP contribution in [0.4, 0.5) is 10.6 Å². The highest BCUT2D eigenvalue weighted by Crippen LogP contribution is 2.29. The number of nitrogens with zero attached hydrogens (tertiary/aromatic N) is 1. The number of anilines is 1. The number of pyridine rings is 1. The number of amides is 4. The average molecular weight is 585 g/mol. The molecule has 2 aromatic heterocycles. The average Bonchev–Trinajstić information content (AvgIpc) is 3.20. The molecular formula is C25H31Cl2N5O5S. The minimum absolute atomic E-state index is 0.201. The minimum atomic E-state index is -0.860. The number of nitrogens with one attached hydrogen (secondary N) is 4. The van der Waals surface area contributed by atoms with Gasteiger partial charge in [-0.1, -0.05) is 36.0 Å². The molecule has 1 aliphatic carbocycles. The number of carbonyl (C=O) groups is 4. The molecule has 2 aromatic rings. The van der Waals surface area contributed by atoms with Crippen molar-refractivity contribution in [1.82, 2.24) is 20.9 Å². The zero-order valence-electron chi connectivity index (χ0n) is 21.4. The van der Waals surface area contributed by atoms with Gasteiger partial charge in [-0.2, -0.15) is 0 Å². The van der Waals surface area contributed by atoms with Crippen molar-refractivity contribution in [3.8, 4) is 0 Å². The Balaban J connectivity index is 1.54. The molecule has 4 amide bonds. The largest absolute Gasteiger partial charge is 0.444 e. The van der Waals surface area contributed by atoms with Crippen molar-refractivity contribution in [2.24, 2.45) is 0 Å². The van der Waals surface area contributed by atoms with E-state index in [-0.39, 0.29) is 17.8 Å². The van der Waals surface area contributed by atoms with Crippen LogP contribution in [0, 0.1) is 0 Å². The maximum absolute atomic E-state index is 13.0.